The molecule has 0 aromatic heterocycles. The SMILES string of the molecule is CN(Cc1ccc(F)cc1Cl)C(=O)C(N)CCS(C)(=O)=O. The molecule has 1 atom stereocenters. The Balaban J connectivity index is 2.65. The zero-order chi connectivity index (χ0) is 16.2. The smallest absolute Gasteiger partial charge is 0.239 e. The molecule has 0 aliphatic rings. The van der Waals surface area contributed by atoms with Crippen molar-refractivity contribution in [1.82, 2.24) is 4.90 Å². The first-order chi connectivity index (χ1) is 9.60. The second-order valence-electron chi connectivity index (χ2n) is 4.96. The van der Waals surface area contributed by atoms with Crippen LogP contribution in [0.25, 0.3) is 0 Å². The Morgan fingerprint density at radius 3 is 2.62 bits per heavy atom. The van der Waals surface area contributed by atoms with Crippen molar-refractivity contribution in [2.75, 3.05) is 19.1 Å². The molecular formula is C13H18ClFN2O3S. The third kappa shape index (κ3) is 5.99. The summed E-state index contributed by atoms with van der Waals surface area (Å²) in [6.07, 6.45) is 1.14. The second-order valence-corrected chi connectivity index (χ2v) is 7.62. The Morgan fingerprint density at radius 1 is 1.48 bits per heavy atom. The van der Waals surface area contributed by atoms with E-state index in [0.717, 1.165) is 6.26 Å². The van der Waals surface area contributed by atoms with Crippen molar-refractivity contribution in [3.05, 3.63) is 34.6 Å². The summed E-state index contributed by atoms with van der Waals surface area (Å²) in [6.45, 7) is 0.171. The molecule has 1 amide bonds. The number of hydrogen-bond donors (Lipinski definition) is 1. The van der Waals surface area contributed by atoms with Crippen LogP contribution in [0, 0.1) is 5.82 Å². The summed E-state index contributed by atoms with van der Waals surface area (Å²) in [5, 5.41) is 0.222. The summed E-state index contributed by atoms with van der Waals surface area (Å²) < 4.78 is 35.1. The minimum absolute atomic E-state index is 0.0547. The normalized spacial score (nSPS) is 13.0. The number of nitrogens with zero attached hydrogens (tertiary/aromatic N) is 1. The molecule has 8 heteroatoms. The van der Waals surface area contributed by atoms with Gasteiger partial charge in [0.1, 0.15) is 15.7 Å². The largest absolute Gasteiger partial charge is 0.340 e. The van der Waals surface area contributed by atoms with Gasteiger partial charge in [-0.25, -0.2) is 12.8 Å². The highest BCUT2D eigenvalue weighted by Crippen LogP contribution is 2.18. The Hall–Kier alpha value is -1.18. The average Bonchev–Trinajstić information content (AvgIpc) is 2.37. The van der Waals surface area contributed by atoms with E-state index in [2.05, 4.69) is 0 Å². The average molecular weight is 337 g/mol. The predicted molar refractivity (Wildman–Crippen MR) is 80.2 cm³/mol. The van der Waals surface area contributed by atoms with Gasteiger partial charge < -0.3 is 10.6 Å². The van der Waals surface area contributed by atoms with Crippen LogP contribution >= 0.6 is 11.6 Å². The summed E-state index contributed by atoms with van der Waals surface area (Å²) in [7, 11) is -1.63. The molecule has 0 heterocycles. The number of halogens is 2. The fraction of sp³-hybridized carbons (Fsp3) is 0.462. The fourth-order valence-corrected chi connectivity index (χ4v) is 2.64. The zero-order valence-electron chi connectivity index (χ0n) is 11.8. The summed E-state index contributed by atoms with van der Waals surface area (Å²) in [5.41, 5.74) is 6.28. The molecule has 0 saturated carbocycles. The first kappa shape index (κ1) is 17.9. The molecule has 2 N–H and O–H groups in total. The Bertz CT molecular complexity index is 622. The van der Waals surface area contributed by atoms with Crippen molar-refractivity contribution in [2.24, 2.45) is 5.73 Å². The quantitative estimate of drug-likeness (QED) is 0.846. The van der Waals surface area contributed by atoms with Gasteiger partial charge in [0.15, 0.2) is 0 Å². The lowest BCUT2D eigenvalue weighted by molar-refractivity contribution is -0.131. The first-order valence-electron chi connectivity index (χ1n) is 6.22. The lowest BCUT2D eigenvalue weighted by Gasteiger charge is -2.21. The van der Waals surface area contributed by atoms with Crippen molar-refractivity contribution in [2.45, 2.75) is 19.0 Å². The van der Waals surface area contributed by atoms with Crippen molar-refractivity contribution in [1.29, 1.82) is 0 Å². The molecule has 1 rings (SSSR count). The van der Waals surface area contributed by atoms with E-state index in [0.29, 0.717) is 5.56 Å². The monoisotopic (exact) mass is 336 g/mol. The molecule has 0 aliphatic heterocycles. The molecule has 0 radical (unpaired) electrons. The van der Waals surface area contributed by atoms with Gasteiger partial charge in [0.05, 0.1) is 11.8 Å². The molecule has 0 bridgehead atoms. The lowest BCUT2D eigenvalue weighted by Crippen LogP contribution is -2.42. The Kier molecular flexibility index (Phi) is 6.12. The van der Waals surface area contributed by atoms with Gasteiger partial charge in [-0.05, 0) is 24.1 Å². The number of rotatable bonds is 6. The number of nitrogens with two attached hydrogens (primary N) is 1. The minimum Gasteiger partial charge on any atom is -0.340 e. The molecule has 0 aliphatic carbocycles. The van der Waals surface area contributed by atoms with Crippen LogP contribution in [-0.2, 0) is 21.2 Å². The Morgan fingerprint density at radius 2 is 2.10 bits per heavy atom. The maximum absolute atomic E-state index is 12.9. The van der Waals surface area contributed by atoms with Crippen LogP contribution in [0.3, 0.4) is 0 Å². The third-order valence-corrected chi connectivity index (χ3v) is 4.24. The second kappa shape index (κ2) is 7.20. The maximum atomic E-state index is 12.9. The van der Waals surface area contributed by atoms with Gasteiger partial charge in [-0.1, -0.05) is 17.7 Å². The molecule has 1 aromatic rings. The van der Waals surface area contributed by atoms with Crippen LogP contribution in [0.2, 0.25) is 5.02 Å². The molecule has 118 valence electrons. The molecule has 21 heavy (non-hydrogen) atoms. The number of carbonyl (C=O) groups is 1. The van der Waals surface area contributed by atoms with E-state index < -0.39 is 21.7 Å². The van der Waals surface area contributed by atoms with Gasteiger partial charge >= 0.3 is 0 Å². The number of likely N-dealkylation sites (N-methyl/N-ethyl adjacent to an activating group) is 1. The molecule has 1 unspecified atom stereocenters. The number of sulfone groups is 1. The van der Waals surface area contributed by atoms with Crippen LogP contribution in [0.5, 0.6) is 0 Å². The van der Waals surface area contributed by atoms with Gasteiger partial charge in [-0.3, -0.25) is 4.79 Å². The van der Waals surface area contributed by atoms with Gasteiger partial charge in [0.2, 0.25) is 5.91 Å². The topological polar surface area (TPSA) is 80.5 Å². The standard InChI is InChI=1S/C13H18ClFN2O3S/c1-17(8-9-3-4-10(15)7-11(9)14)13(18)12(16)5-6-21(2,19)20/h3-4,7,12H,5-6,8,16H2,1-2H3. The van der Waals surface area contributed by atoms with Crippen molar-refractivity contribution < 1.29 is 17.6 Å². The molecule has 0 fully saturated rings. The van der Waals surface area contributed by atoms with Crippen molar-refractivity contribution >= 4 is 27.3 Å². The number of hydrogen-bond acceptors (Lipinski definition) is 4. The van der Waals surface area contributed by atoms with Crippen LogP contribution in [0.15, 0.2) is 18.2 Å². The molecule has 5 nitrogen and oxygen atoms in total. The summed E-state index contributed by atoms with van der Waals surface area (Å²) >= 11 is 5.89. The fourth-order valence-electron chi connectivity index (χ4n) is 1.73. The van der Waals surface area contributed by atoms with E-state index in [-0.39, 0.29) is 29.6 Å². The van der Waals surface area contributed by atoms with Crippen LogP contribution in [-0.4, -0.2) is 44.3 Å². The van der Waals surface area contributed by atoms with E-state index in [1.54, 1.807) is 0 Å². The zero-order valence-corrected chi connectivity index (χ0v) is 13.4. The molecule has 1 aromatic carbocycles. The molecular weight excluding hydrogens is 319 g/mol. The third-order valence-electron chi connectivity index (χ3n) is 2.92. The highest BCUT2D eigenvalue weighted by atomic mass is 35.5. The van der Waals surface area contributed by atoms with Gasteiger partial charge in [-0.2, -0.15) is 0 Å². The van der Waals surface area contributed by atoms with Crippen LogP contribution < -0.4 is 5.73 Å². The van der Waals surface area contributed by atoms with Crippen LogP contribution in [0.4, 0.5) is 4.39 Å². The minimum atomic E-state index is -3.16. The summed E-state index contributed by atoms with van der Waals surface area (Å²) in [5.74, 6) is -0.993. The van der Waals surface area contributed by atoms with Gasteiger partial charge in [0, 0.05) is 24.9 Å². The molecule has 0 spiro atoms. The molecule has 0 saturated heterocycles. The predicted octanol–water partition coefficient (Wildman–Crippen LogP) is 1.20. The maximum Gasteiger partial charge on any atom is 0.239 e. The van der Waals surface area contributed by atoms with E-state index in [4.69, 9.17) is 17.3 Å². The van der Waals surface area contributed by atoms with Crippen LogP contribution in [0.1, 0.15) is 12.0 Å². The van der Waals surface area contributed by atoms with E-state index in [9.17, 15) is 17.6 Å². The summed E-state index contributed by atoms with van der Waals surface area (Å²) in [4.78, 5) is 13.4. The van der Waals surface area contributed by atoms with Crippen molar-refractivity contribution in [3.8, 4) is 0 Å². The number of amides is 1. The highest BCUT2D eigenvalue weighted by molar-refractivity contribution is 7.90. The summed E-state index contributed by atoms with van der Waals surface area (Å²) in [6, 6.07) is 3.01. The van der Waals surface area contributed by atoms with E-state index in [1.165, 1.54) is 30.1 Å². The van der Waals surface area contributed by atoms with E-state index in [1.807, 2.05) is 0 Å². The Labute approximate surface area is 128 Å². The lowest BCUT2D eigenvalue weighted by atomic mass is 10.1. The first-order valence-corrected chi connectivity index (χ1v) is 8.66. The number of carbonyl (C=O) groups excluding carboxylic acids is 1. The van der Waals surface area contributed by atoms with Gasteiger partial charge in [0.25, 0.3) is 0 Å². The van der Waals surface area contributed by atoms with E-state index >= 15 is 0 Å². The number of benzene rings is 1. The van der Waals surface area contributed by atoms with Gasteiger partial charge in [-0.15, -0.1) is 0 Å². The van der Waals surface area contributed by atoms with Crippen molar-refractivity contribution in [3.63, 3.8) is 0 Å². The highest BCUT2D eigenvalue weighted by Gasteiger charge is 2.20.